The molecule has 0 aliphatic heterocycles. The van der Waals surface area contributed by atoms with E-state index in [1.54, 1.807) is 10.6 Å². The Hall–Kier alpha value is -3.05. The van der Waals surface area contributed by atoms with Gasteiger partial charge in [0.1, 0.15) is 11.2 Å². The van der Waals surface area contributed by atoms with Crippen LogP contribution in [0.15, 0.2) is 36.5 Å². The topological polar surface area (TPSA) is 61.2 Å². The minimum absolute atomic E-state index is 0.333. The van der Waals surface area contributed by atoms with E-state index in [1.165, 1.54) is 0 Å². The lowest BCUT2D eigenvalue weighted by atomic mass is 10.2. The molecule has 18 heavy (non-hydrogen) atoms. The summed E-state index contributed by atoms with van der Waals surface area (Å²) in [6.45, 7) is 7.06. The maximum atomic E-state index is 9.06. The van der Waals surface area contributed by atoms with Crippen molar-refractivity contribution in [3.63, 3.8) is 0 Å². The molecule has 3 rings (SSSR count). The summed E-state index contributed by atoms with van der Waals surface area (Å²) in [6, 6.07) is 11.6. The predicted octanol–water partition coefficient (Wildman–Crippen LogP) is 2.75. The van der Waals surface area contributed by atoms with Crippen LogP contribution in [0.5, 0.6) is 0 Å². The van der Waals surface area contributed by atoms with Crippen molar-refractivity contribution in [2.75, 3.05) is 0 Å². The largest absolute Gasteiger partial charge is 0.295 e. The summed E-state index contributed by atoms with van der Waals surface area (Å²) in [7, 11) is 0. The van der Waals surface area contributed by atoms with Gasteiger partial charge in [-0.25, -0.2) is 4.85 Å². The molecule has 3 aromatic rings. The number of H-pyrrole nitrogens is 1. The molecule has 0 amide bonds. The molecule has 2 heterocycles. The van der Waals surface area contributed by atoms with Gasteiger partial charge in [-0.2, -0.15) is 10.4 Å². The van der Waals surface area contributed by atoms with Gasteiger partial charge in [0, 0.05) is 11.8 Å². The van der Waals surface area contributed by atoms with Crippen LogP contribution in [0.1, 0.15) is 5.56 Å². The highest BCUT2D eigenvalue weighted by atomic mass is 15.3. The van der Waals surface area contributed by atoms with E-state index < -0.39 is 0 Å². The summed E-state index contributed by atoms with van der Waals surface area (Å²) in [6.07, 6.45) is 1.63. The minimum Gasteiger partial charge on any atom is -0.295 e. The standard InChI is InChI=1S/C13H7N5/c1-15-11-8-18-12(9-5-3-2-4-6-9)16-17-13(18)10(11)7-14/h2-6,8,17H. The number of hydrogen-bond acceptors (Lipinski definition) is 2. The summed E-state index contributed by atoms with van der Waals surface area (Å²) < 4.78 is 1.74. The first-order chi connectivity index (χ1) is 8.85. The van der Waals surface area contributed by atoms with Crippen molar-refractivity contribution >= 4 is 11.3 Å². The van der Waals surface area contributed by atoms with Gasteiger partial charge in [-0.15, -0.1) is 0 Å². The third kappa shape index (κ3) is 1.28. The van der Waals surface area contributed by atoms with E-state index in [-0.39, 0.29) is 0 Å². The van der Waals surface area contributed by atoms with E-state index in [4.69, 9.17) is 11.8 Å². The van der Waals surface area contributed by atoms with Crippen LogP contribution in [0.2, 0.25) is 0 Å². The molecule has 0 radical (unpaired) electrons. The van der Waals surface area contributed by atoms with E-state index in [0.717, 1.165) is 5.56 Å². The van der Waals surface area contributed by atoms with Crippen LogP contribution >= 0.6 is 0 Å². The van der Waals surface area contributed by atoms with Crippen molar-refractivity contribution in [3.05, 3.63) is 53.5 Å². The molecule has 0 atom stereocenters. The number of fused-ring (bicyclic) bond motifs is 1. The maximum Gasteiger partial charge on any atom is 0.224 e. The molecule has 84 valence electrons. The maximum absolute atomic E-state index is 9.06. The second-order valence-electron chi connectivity index (χ2n) is 3.74. The number of nitrogens with one attached hydrogen (secondary N) is 1. The molecule has 1 aromatic carbocycles. The molecule has 0 aliphatic rings. The van der Waals surface area contributed by atoms with Crippen LogP contribution in [0.4, 0.5) is 5.69 Å². The van der Waals surface area contributed by atoms with Crippen LogP contribution in [-0.4, -0.2) is 14.6 Å². The zero-order chi connectivity index (χ0) is 12.5. The van der Waals surface area contributed by atoms with E-state index >= 15 is 0 Å². The van der Waals surface area contributed by atoms with Crippen molar-refractivity contribution in [2.45, 2.75) is 0 Å². The summed E-state index contributed by atoms with van der Waals surface area (Å²) in [5, 5.41) is 16.1. The van der Waals surface area contributed by atoms with Gasteiger partial charge in [0.05, 0.1) is 12.6 Å². The summed E-state index contributed by atoms with van der Waals surface area (Å²) >= 11 is 0. The molecule has 5 nitrogen and oxygen atoms in total. The minimum atomic E-state index is 0.333. The Labute approximate surface area is 103 Å². The zero-order valence-corrected chi connectivity index (χ0v) is 9.25. The highest BCUT2D eigenvalue weighted by Crippen LogP contribution is 2.28. The highest BCUT2D eigenvalue weighted by molar-refractivity contribution is 5.75. The van der Waals surface area contributed by atoms with E-state index in [9.17, 15) is 0 Å². The molecule has 0 fully saturated rings. The number of hydrogen-bond donors (Lipinski definition) is 1. The van der Waals surface area contributed by atoms with Crippen LogP contribution in [0.25, 0.3) is 21.9 Å². The number of aromatic amines is 1. The van der Waals surface area contributed by atoms with Crippen LogP contribution in [-0.2, 0) is 0 Å². The molecule has 5 heteroatoms. The fourth-order valence-corrected chi connectivity index (χ4v) is 1.92. The number of nitriles is 1. The SMILES string of the molecule is [C-]#[N+]c1cn2c(-c3ccccc3)n[nH]c2c1C#N. The first-order valence-corrected chi connectivity index (χ1v) is 5.27. The Morgan fingerprint density at radius 1 is 1.33 bits per heavy atom. The van der Waals surface area contributed by atoms with Crippen molar-refractivity contribution in [3.8, 4) is 17.5 Å². The third-order valence-corrected chi connectivity index (χ3v) is 2.75. The van der Waals surface area contributed by atoms with Gasteiger partial charge in [-0.1, -0.05) is 30.3 Å². The lowest BCUT2D eigenvalue weighted by Gasteiger charge is -1.96. The molecule has 0 aliphatic carbocycles. The molecular formula is C13H7N5. The molecule has 1 N–H and O–H groups in total. The van der Waals surface area contributed by atoms with Gasteiger partial charge in [-0.05, 0) is 0 Å². The fraction of sp³-hybridized carbons (Fsp3) is 0. The van der Waals surface area contributed by atoms with Gasteiger partial charge < -0.3 is 0 Å². The Balaban J connectivity index is 2.32. The first kappa shape index (κ1) is 10.1. The van der Waals surface area contributed by atoms with Gasteiger partial charge in [0.25, 0.3) is 0 Å². The Morgan fingerprint density at radius 2 is 2.11 bits per heavy atom. The van der Waals surface area contributed by atoms with Gasteiger partial charge in [-0.3, -0.25) is 9.50 Å². The monoisotopic (exact) mass is 233 g/mol. The molecule has 0 spiro atoms. The predicted molar refractivity (Wildman–Crippen MR) is 66.0 cm³/mol. The van der Waals surface area contributed by atoms with Crippen molar-refractivity contribution < 1.29 is 0 Å². The average Bonchev–Trinajstić information content (AvgIpc) is 2.97. The molecule has 0 unspecified atom stereocenters. The Morgan fingerprint density at radius 3 is 2.78 bits per heavy atom. The second kappa shape index (κ2) is 3.76. The summed E-state index contributed by atoms with van der Waals surface area (Å²) in [4.78, 5) is 3.34. The van der Waals surface area contributed by atoms with Gasteiger partial charge in [0.2, 0.25) is 5.69 Å². The Bertz CT molecular complexity index is 796. The first-order valence-electron chi connectivity index (χ1n) is 5.27. The summed E-state index contributed by atoms with van der Waals surface area (Å²) in [5.74, 6) is 0.692. The molecule has 0 bridgehead atoms. The molecule has 2 aromatic heterocycles. The number of benzene rings is 1. The smallest absolute Gasteiger partial charge is 0.224 e. The lowest BCUT2D eigenvalue weighted by molar-refractivity contribution is 1.11. The lowest BCUT2D eigenvalue weighted by Crippen LogP contribution is -1.84. The van der Waals surface area contributed by atoms with Crippen molar-refractivity contribution in [1.82, 2.24) is 14.6 Å². The van der Waals surface area contributed by atoms with Crippen molar-refractivity contribution in [2.24, 2.45) is 0 Å². The van der Waals surface area contributed by atoms with E-state index in [0.29, 0.717) is 22.7 Å². The average molecular weight is 233 g/mol. The van der Waals surface area contributed by atoms with E-state index in [2.05, 4.69) is 15.0 Å². The van der Waals surface area contributed by atoms with Gasteiger partial charge in [0.15, 0.2) is 5.82 Å². The van der Waals surface area contributed by atoms with Gasteiger partial charge >= 0.3 is 0 Å². The number of rotatable bonds is 1. The Kier molecular flexibility index (Phi) is 2.11. The molecular weight excluding hydrogens is 226 g/mol. The fourth-order valence-electron chi connectivity index (χ4n) is 1.92. The van der Waals surface area contributed by atoms with Crippen molar-refractivity contribution in [1.29, 1.82) is 5.26 Å². The van der Waals surface area contributed by atoms with Crippen LogP contribution in [0, 0.1) is 17.9 Å². The number of nitrogens with zero attached hydrogens (tertiary/aromatic N) is 4. The normalized spacial score (nSPS) is 10.1. The zero-order valence-electron chi connectivity index (χ0n) is 9.25. The molecule has 0 saturated carbocycles. The van der Waals surface area contributed by atoms with Crippen LogP contribution in [0.3, 0.4) is 0 Å². The van der Waals surface area contributed by atoms with Crippen LogP contribution < -0.4 is 0 Å². The molecule has 0 saturated heterocycles. The second-order valence-corrected chi connectivity index (χ2v) is 3.74. The highest BCUT2D eigenvalue weighted by Gasteiger charge is 2.15. The summed E-state index contributed by atoms with van der Waals surface area (Å²) in [5.41, 5.74) is 2.16. The number of aromatic nitrogens is 3. The quantitative estimate of drug-likeness (QED) is 0.657. The van der Waals surface area contributed by atoms with E-state index in [1.807, 2.05) is 36.4 Å². The third-order valence-electron chi connectivity index (χ3n) is 2.75.